The van der Waals surface area contributed by atoms with Gasteiger partial charge in [0.1, 0.15) is 5.82 Å². The van der Waals surface area contributed by atoms with Crippen molar-refractivity contribution in [3.05, 3.63) is 34.1 Å². The van der Waals surface area contributed by atoms with Gasteiger partial charge in [-0.3, -0.25) is 4.79 Å². The van der Waals surface area contributed by atoms with E-state index in [9.17, 15) is 14.0 Å². The fourth-order valence-corrected chi connectivity index (χ4v) is 1.73. The Morgan fingerprint density at radius 1 is 1.47 bits per heavy atom. The number of amides is 1. The van der Waals surface area contributed by atoms with Gasteiger partial charge in [-0.1, -0.05) is 6.92 Å². The number of ether oxygens (including phenoxy) is 1. The maximum Gasteiger partial charge on any atom is 0.340 e. The molecule has 0 aliphatic rings. The first-order valence-electron chi connectivity index (χ1n) is 5.89. The molecule has 104 valence electrons. The molecule has 0 aliphatic heterocycles. The minimum absolute atomic E-state index is 0.0511. The van der Waals surface area contributed by atoms with Crippen molar-refractivity contribution >= 4 is 27.8 Å². The van der Waals surface area contributed by atoms with E-state index >= 15 is 0 Å². The molecule has 4 nitrogen and oxygen atoms in total. The highest BCUT2D eigenvalue weighted by Gasteiger charge is 2.20. The monoisotopic (exact) mass is 331 g/mol. The van der Waals surface area contributed by atoms with Gasteiger partial charge in [0.15, 0.2) is 6.10 Å². The summed E-state index contributed by atoms with van der Waals surface area (Å²) in [6, 6.07) is 3.69. The maximum atomic E-state index is 13.1. The van der Waals surface area contributed by atoms with Gasteiger partial charge in [0.25, 0.3) is 5.91 Å². The predicted octanol–water partition coefficient (Wildman–Crippen LogP) is 2.66. The van der Waals surface area contributed by atoms with Crippen molar-refractivity contribution < 1.29 is 18.7 Å². The Labute approximate surface area is 119 Å². The number of esters is 1. The molecule has 1 amide bonds. The molecule has 1 aromatic carbocycles. The van der Waals surface area contributed by atoms with Gasteiger partial charge in [-0.05, 0) is 47.5 Å². The fourth-order valence-electron chi connectivity index (χ4n) is 1.32. The van der Waals surface area contributed by atoms with Crippen molar-refractivity contribution in [3.63, 3.8) is 0 Å². The zero-order valence-corrected chi connectivity index (χ0v) is 12.3. The third-order valence-corrected chi connectivity index (χ3v) is 3.04. The molecule has 19 heavy (non-hydrogen) atoms. The van der Waals surface area contributed by atoms with Crippen LogP contribution in [-0.2, 0) is 9.53 Å². The molecule has 0 aliphatic carbocycles. The van der Waals surface area contributed by atoms with Crippen molar-refractivity contribution in [1.82, 2.24) is 5.32 Å². The first kappa shape index (κ1) is 15.6. The van der Waals surface area contributed by atoms with Crippen LogP contribution in [0.15, 0.2) is 22.7 Å². The molecule has 1 atom stereocenters. The molecule has 1 aromatic rings. The summed E-state index contributed by atoms with van der Waals surface area (Å²) < 4.78 is 18.5. The number of hydrogen-bond donors (Lipinski definition) is 1. The lowest BCUT2D eigenvalue weighted by atomic mass is 10.2. The Hall–Kier alpha value is -1.43. The van der Waals surface area contributed by atoms with E-state index in [0.29, 0.717) is 11.0 Å². The summed E-state index contributed by atoms with van der Waals surface area (Å²) in [5.74, 6) is -1.66. The van der Waals surface area contributed by atoms with Gasteiger partial charge in [0, 0.05) is 11.0 Å². The number of halogens is 2. The summed E-state index contributed by atoms with van der Waals surface area (Å²) in [6.07, 6.45) is -0.129. The van der Waals surface area contributed by atoms with E-state index in [-0.39, 0.29) is 11.5 Å². The van der Waals surface area contributed by atoms with Crippen LogP contribution in [0.4, 0.5) is 4.39 Å². The number of benzene rings is 1. The quantitative estimate of drug-likeness (QED) is 0.844. The van der Waals surface area contributed by atoms with Crippen molar-refractivity contribution in [2.24, 2.45) is 0 Å². The zero-order valence-electron chi connectivity index (χ0n) is 10.7. The zero-order chi connectivity index (χ0) is 14.4. The Bertz CT molecular complexity index is 479. The summed E-state index contributed by atoms with van der Waals surface area (Å²) in [6.45, 7) is 3.90. The number of carbonyl (C=O) groups is 2. The SMILES string of the molecule is CCCNC(=O)[C@H](C)OC(=O)c1cc(F)ccc1Br. The van der Waals surface area contributed by atoms with Crippen LogP contribution in [0.5, 0.6) is 0 Å². The molecule has 0 bridgehead atoms. The van der Waals surface area contributed by atoms with Crippen LogP contribution < -0.4 is 5.32 Å². The highest BCUT2D eigenvalue weighted by Crippen LogP contribution is 2.19. The topological polar surface area (TPSA) is 55.4 Å². The second-order valence-corrected chi connectivity index (χ2v) is 4.82. The summed E-state index contributed by atoms with van der Waals surface area (Å²) in [5.41, 5.74) is 0.0511. The third-order valence-electron chi connectivity index (χ3n) is 2.35. The molecule has 1 N–H and O–H groups in total. The second-order valence-electron chi connectivity index (χ2n) is 3.96. The summed E-state index contributed by atoms with van der Waals surface area (Å²) in [5, 5.41) is 2.61. The molecule has 0 spiro atoms. The summed E-state index contributed by atoms with van der Waals surface area (Å²) >= 11 is 3.13. The van der Waals surface area contributed by atoms with Crippen molar-refractivity contribution in [2.75, 3.05) is 6.54 Å². The van der Waals surface area contributed by atoms with Crippen molar-refractivity contribution in [2.45, 2.75) is 26.4 Å². The first-order valence-corrected chi connectivity index (χ1v) is 6.68. The smallest absolute Gasteiger partial charge is 0.340 e. The molecule has 0 saturated carbocycles. The Kier molecular flexibility index (Phi) is 5.95. The van der Waals surface area contributed by atoms with Gasteiger partial charge in [0.05, 0.1) is 5.56 Å². The van der Waals surface area contributed by atoms with E-state index in [1.807, 2.05) is 6.92 Å². The first-order chi connectivity index (χ1) is 8.95. The number of carbonyl (C=O) groups excluding carboxylic acids is 2. The average molecular weight is 332 g/mol. The van der Waals surface area contributed by atoms with Gasteiger partial charge >= 0.3 is 5.97 Å². The highest BCUT2D eigenvalue weighted by molar-refractivity contribution is 9.10. The molecule has 1 rings (SSSR count). The van der Waals surface area contributed by atoms with Crippen LogP contribution >= 0.6 is 15.9 Å². The van der Waals surface area contributed by atoms with E-state index in [4.69, 9.17) is 4.74 Å². The molecule has 0 saturated heterocycles. The average Bonchev–Trinajstić information content (AvgIpc) is 2.38. The molecule has 0 heterocycles. The Balaban J connectivity index is 2.68. The minimum Gasteiger partial charge on any atom is -0.449 e. The second kappa shape index (κ2) is 7.23. The largest absolute Gasteiger partial charge is 0.449 e. The maximum absolute atomic E-state index is 13.1. The molecule has 0 aromatic heterocycles. The third kappa shape index (κ3) is 4.63. The van der Waals surface area contributed by atoms with E-state index in [0.717, 1.165) is 12.5 Å². The lowest BCUT2D eigenvalue weighted by molar-refractivity contribution is -0.129. The van der Waals surface area contributed by atoms with E-state index in [1.54, 1.807) is 0 Å². The molecule has 0 unspecified atom stereocenters. The molecule has 6 heteroatoms. The van der Waals surface area contributed by atoms with Crippen molar-refractivity contribution in [1.29, 1.82) is 0 Å². The Morgan fingerprint density at radius 3 is 2.79 bits per heavy atom. The standard InChI is InChI=1S/C13H15BrFNO3/c1-3-6-16-12(17)8(2)19-13(18)10-7-9(15)4-5-11(10)14/h4-5,7-8H,3,6H2,1-2H3,(H,16,17)/t8-/m0/s1. The van der Waals surface area contributed by atoms with Crippen LogP contribution in [0.2, 0.25) is 0 Å². The van der Waals surface area contributed by atoms with Crippen LogP contribution in [0, 0.1) is 5.82 Å². The van der Waals surface area contributed by atoms with Gasteiger partial charge in [0.2, 0.25) is 0 Å². The molecule has 0 radical (unpaired) electrons. The van der Waals surface area contributed by atoms with Crippen LogP contribution in [0.1, 0.15) is 30.6 Å². The van der Waals surface area contributed by atoms with E-state index in [1.165, 1.54) is 19.1 Å². The number of rotatable bonds is 5. The van der Waals surface area contributed by atoms with Crippen LogP contribution in [0.25, 0.3) is 0 Å². The van der Waals surface area contributed by atoms with Gasteiger partial charge in [-0.2, -0.15) is 0 Å². The Morgan fingerprint density at radius 2 is 2.16 bits per heavy atom. The molecular formula is C13H15BrFNO3. The normalized spacial score (nSPS) is 11.8. The van der Waals surface area contributed by atoms with Crippen LogP contribution in [0.3, 0.4) is 0 Å². The minimum atomic E-state index is -0.922. The van der Waals surface area contributed by atoms with Gasteiger partial charge in [-0.15, -0.1) is 0 Å². The fraction of sp³-hybridized carbons (Fsp3) is 0.385. The van der Waals surface area contributed by atoms with Gasteiger partial charge < -0.3 is 10.1 Å². The highest BCUT2D eigenvalue weighted by atomic mass is 79.9. The predicted molar refractivity (Wildman–Crippen MR) is 72.3 cm³/mol. The summed E-state index contributed by atoms with van der Waals surface area (Å²) in [4.78, 5) is 23.4. The molecule has 0 fully saturated rings. The molecular weight excluding hydrogens is 317 g/mol. The number of nitrogens with one attached hydrogen (secondary N) is 1. The van der Waals surface area contributed by atoms with Crippen molar-refractivity contribution in [3.8, 4) is 0 Å². The lowest BCUT2D eigenvalue weighted by Crippen LogP contribution is -2.36. The van der Waals surface area contributed by atoms with E-state index < -0.39 is 17.9 Å². The van der Waals surface area contributed by atoms with Crippen LogP contribution in [-0.4, -0.2) is 24.5 Å². The van der Waals surface area contributed by atoms with E-state index in [2.05, 4.69) is 21.2 Å². The number of hydrogen-bond acceptors (Lipinski definition) is 3. The van der Waals surface area contributed by atoms with Gasteiger partial charge in [-0.25, -0.2) is 9.18 Å². The lowest BCUT2D eigenvalue weighted by Gasteiger charge is -2.13. The summed E-state index contributed by atoms with van der Waals surface area (Å²) in [7, 11) is 0.